The highest BCUT2D eigenvalue weighted by molar-refractivity contribution is 9.10. The van der Waals surface area contributed by atoms with Crippen LogP contribution in [0.1, 0.15) is 36.4 Å². The number of halogens is 2. The van der Waals surface area contributed by atoms with Gasteiger partial charge in [-0.25, -0.2) is 0 Å². The molecule has 0 spiro atoms. The predicted molar refractivity (Wildman–Crippen MR) is 107 cm³/mol. The second kappa shape index (κ2) is 8.34. The lowest BCUT2D eigenvalue weighted by Crippen LogP contribution is -2.51. The lowest BCUT2D eigenvalue weighted by molar-refractivity contribution is -0.126. The molecule has 0 aliphatic rings. The van der Waals surface area contributed by atoms with E-state index in [1.807, 2.05) is 56.8 Å². The average Bonchev–Trinajstić information content (AvgIpc) is 2.74. The summed E-state index contributed by atoms with van der Waals surface area (Å²) in [6.45, 7) is 7.75. The van der Waals surface area contributed by atoms with Crippen molar-refractivity contribution in [3.8, 4) is 0 Å². The molecule has 0 aliphatic heterocycles. The highest BCUT2D eigenvalue weighted by Gasteiger charge is 2.31. The number of rotatable bonds is 5. The van der Waals surface area contributed by atoms with Crippen LogP contribution in [0.2, 0.25) is 0 Å². The van der Waals surface area contributed by atoms with Crippen LogP contribution in [-0.4, -0.2) is 21.7 Å². The molecule has 25 heavy (non-hydrogen) atoms. The van der Waals surface area contributed by atoms with Crippen molar-refractivity contribution >= 4 is 34.2 Å². The Morgan fingerprint density at radius 1 is 1.36 bits per heavy atom. The number of hydrogen-bond acceptors (Lipinski definition) is 3. The van der Waals surface area contributed by atoms with E-state index in [1.165, 1.54) is 5.56 Å². The molecule has 0 fully saturated rings. The first-order valence-corrected chi connectivity index (χ1v) is 8.77. The third-order valence-electron chi connectivity index (χ3n) is 4.46. The molecule has 3 N–H and O–H groups in total. The molecule has 5 nitrogen and oxygen atoms in total. The van der Waals surface area contributed by atoms with E-state index in [4.69, 9.17) is 5.73 Å². The molecule has 138 valence electrons. The number of carbonyl (C=O) groups is 1. The number of amides is 1. The van der Waals surface area contributed by atoms with Crippen molar-refractivity contribution in [2.24, 2.45) is 12.8 Å². The first-order chi connectivity index (χ1) is 11.1. The van der Waals surface area contributed by atoms with Crippen molar-refractivity contribution in [1.29, 1.82) is 0 Å². The van der Waals surface area contributed by atoms with Crippen LogP contribution in [0, 0.1) is 13.8 Å². The maximum Gasteiger partial charge on any atom is 0.244 e. The van der Waals surface area contributed by atoms with Gasteiger partial charge in [-0.2, -0.15) is 5.10 Å². The molecule has 0 bridgehead atoms. The van der Waals surface area contributed by atoms with Crippen LogP contribution < -0.4 is 11.1 Å². The molecular formula is C18H26BrClN4O. The molecule has 7 heteroatoms. The van der Waals surface area contributed by atoms with Crippen LogP contribution in [0.3, 0.4) is 0 Å². The van der Waals surface area contributed by atoms with Gasteiger partial charge in [-0.15, -0.1) is 12.4 Å². The summed E-state index contributed by atoms with van der Waals surface area (Å²) in [6, 6.07) is 7.48. The zero-order valence-corrected chi connectivity index (χ0v) is 17.7. The van der Waals surface area contributed by atoms with Crippen LogP contribution in [0.5, 0.6) is 0 Å². The first kappa shape index (κ1) is 21.7. The van der Waals surface area contributed by atoms with Crippen molar-refractivity contribution in [3.05, 3.63) is 51.3 Å². The molecule has 1 aromatic carbocycles. The minimum Gasteiger partial charge on any atom is -0.351 e. The van der Waals surface area contributed by atoms with Crippen LogP contribution in [-0.2, 0) is 23.8 Å². The third-order valence-corrected chi connectivity index (χ3v) is 4.99. The van der Waals surface area contributed by atoms with E-state index in [1.54, 1.807) is 6.92 Å². The monoisotopic (exact) mass is 428 g/mol. The van der Waals surface area contributed by atoms with Gasteiger partial charge in [-0.3, -0.25) is 9.48 Å². The van der Waals surface area contributed by atoms with E-state index in [2.05, 4.69) is 26.3 Å². The standard InChI is InChI=1S/C18H25BrN4O.ClH/c1-11(10-16-12(2)22-23(5)13(16)3)21-17(24)18(4,20)14-6-8-15(19)9-7-14;/h6-9,11H,10,20H2,1-5H3,(H,21,24);1H. The number of benzene rings is 1. The smallest absolute Gasteiger partial charge is 0.244 e. The number of aryl methyl sites for hydroxylation is 2. The molecule has 0 radical (unpaired) electrons. The molecule has 1 amide bonds. The Morgan fingerprint density at radius 2 is 1.92 bits per heavy atom. The van der Waals surface area contributed by atoms with Crippen molar-refractivity contribution in [2.45, 2.75) is 45.7 Å². The Morgan fingerprint density at radius 3 is 2.40 bits per heavy atom. The molecule has 0 saturated carbocycles. The molecule has 1 heterocycles. The Balaban J connectivity index is 0.00000312. The van der Waals surface area contributed by atoms with Gasteiger partial charge in [0.15, 0.2) is 0 Å². The fraction of sp³-hybridized carbons (Fsp3) is 0.444. The Hall–Kier alpha value is -1.37. The topological polar surface area (TPSA) is 72.9 Å². The van der Waals surface area contributed by atoms with Gasteiger partial charge < -0.3 is 11.1 Å². The number of nitrogens with one attached hydrogen (secondary N) is 1. The summed E-state index contributed by atoms with van der Waals surface area (Å²) < 4.78 is 2.83. The summed E-state index contributed by atoms with van der Waals surface area (Å²) in [7, 11) is 1.93. The van der Waals surface area contributed by atoms with E-state index < -0.39 is 5.54 Å². The minimum absolute atomic E-state index is 0. The van der Waals surface area contributed by atoms with E-state index in [9.17, 15) is 4.79 Å². The van der Waals surface area contributed by atoms with Gasteiger partial charge in [0.2, 0.25) is 5.91 Å². The van der Waals surface area contributed by atoms with E-state index >= 15 is 0 Å². The van der Waals surface area contributed by atoms with Crippen molar-refractivity contribution in [3.63, 3.8) is 0 Å². The zero-order chi connectivity index (χ0) is 18.1. The lowest BCUT2D eigenvalue weighted by atomic mass is 9.91. The Labute approximate surface area is 163 Å². The molecule has 2 aromatic rings. The highest BCUT2D eigenvalue weighted by atomic mass is 79.9. The molecular weight excluding hydrogens is 404 g/mol. The Bertz CT molecular complexity index is 740. The summed E-state index contributed by atoms with van der Waals surface area (Å²) in [5.41, 5.74) is 9.30. The summed E-state index contributed by atoms with van der Waals surface area (Å²) in [5.74, 6) is -0.184. The predicted octanol–water partition coefficient (Wildman–Crippen LogP) is 3.14. The largest absolute Gasteiger partial charge is 0.351 e. The van der Waals surface area contributed by atoms with Gasteiger partial charge >= 0.3 is 0 Å². The minimum atomic E-state index is -1.08. The van der Waals surface area contributed by atoms with Crippen molar-refractivity contribution in [2.75, 3.05) is 0 Å². The Kier molecular flexibility index (Phi) is 7.23. The van der Waals surface area contributed by atoms with Gasteiger partial charge in [-0.05, 0) is 57.4 Å². The maximum absolute atomic E-state index is 12.7. The van der Waals surface area contributed by atoms with Gasteiger partial charge in [0, 0.05) is 23.3 Å². The SMILES string of the molecule is Cc1nn(C)c(C)c1CC(C)NC(=O)C(C)(N)c1ccc(Br)cc1.Cl. The number of nitrogens with two attached hydrogens (primary N) is 1. The van der Waals surface area contributed by atoms with Crippen LogP contribution in [0.4, 0.5) is 0 Å². The number of carbonyl (C=O) groups excluding carboxylic acids is 1. The van der Waals surface area contributed by atoms with Crippen LogP contribution >= 0.6 is 28.3 Å². The fourth-order valence-electron chi connectivity index (χ4n) is 2.77. The maximum atomic E-state index is 12.7. The average molecular weight is 430 g/mol. The molecule has 2 rings (SSSR count). The van der Waals surface area contributed by atoms with Crippen molar-refractivity contribution < 1.29 is 4.79 Å². The quantitative estimate of drug-likeness (QED) is 0.767. The number of aromatic nitrogens is 2. The summed E-state index contributed by atoms with van der Waals surface area (Å²) in [5, 5.41) is 7.45. The van der Waals surface area contributed by atoms with E-state index in [0.717, 1.165) is 27.8 Å². The van der Waals surface area contributed by atoms with Gasteiger partial charge in [0.25, 0.3) is 0 Å². The van der Waals surface area contributed by atoms with E-state index in [-0.39, 0.29) is 24.4 Å². The second-order valence-corrected chi connectivity index (χ2v) is 7.48. The number of hydrogen-bond donors (Lipinski definition) is 2. The summed E-state index contributed by atoms with van der Waals surface area (Å²) >= 11 is 3.39. The zero-order valence-electron chi connectivity index (χ0n) is 15.3. The first-order valence-electron chi connectivity index (χ1n) is 7.98. The normalized spacial score (nSPS) is 14.4. The van der Waals surface area contributed by atoms with E-state index in [0.29, 0.717) is 0 Å². The third kappa shape index (κ3) is 4.84. The van der Waals surface area contributed by atoms with Gasteiger partial charge in [-0.1, -0.05) is 28.1 Å². The van der Waals surface area contributed by atoms with Crippen LogP contribution in [0.25, 0.3) is 0 Å². The number of nitrogens with zero attached hydrogens (tertiary/aromatic N) is 2. The highest BCUT2D eigenvalue weighted by Crippen LogP contribution is 2.21. The van der Waals surface area contributed by atoms with Gasteiger partial charge in [0.1, 0.15) is 5.54 Å². The van der Waals surface area contributed by atoms with Crippen LogP contribution in [0.15, 0.2) is 28.7 Å². The molecule has 0 aliphatic carbocycles. The fourth-order valence-corrected chi connectivity index (χ4v) is 3.04. The van der Waals surface area contributed by atoms with Crippen molar-refractivity contribution in [1.82, 2.24) is 15.1 Å². The molecule has 1 aromatic heterocycles. The summed E-state index contributed by atoms with van der Waals surface area (Å²) in [6.07, 6.45) is 0.730. The molecule has 0 saturated heterocycles. The molecule has 2 atom stereocenters. The molecule has 2 unspecified atom stereocenters. The lowest BCUT2D eigenvalue weighted by Gasteiger charge is -2.26. The summed E-state index contributed by atoms with van der Waals surface area (Å²) in [4.78, 5) is 12.7. The second-order valence-electron chi connectivity index (χ2n) is 6.56. The van der Waals surface area contributed by atoms with Gasteiger partial charge in [0.05, 0.1) is 5.69 Å².